The van der Waals surface area contributed by atoms with Gasteiger partial charge in [-0.2, -0.15) is 5.10 Å². The second-order valence-electron chi connectivity index (χ2n) is 3.96. The Morgan fingerprint density at radius 1 is 1.41 bits per heavy atom. The summed E-state index contributed by atoms with van der Waals surface area (Å²) in [4.78, 5) is 0. The first-order valence-corrected chi connectivity index (χ1v) is 7.16. The molecule has 5 heteroatoms. The van der Waals surface area contributed by atoms with E-state index < -0.39 is 0 Å². The van der Waals surface area contributed by atoms with E-state index >= 15 is 0 Å². The molecule has 0 spiro atoms. The molecule has 1 heterocycles. The number of hydrogen-bond acceptors (Lipinski definition) is 2. The smallest absolute Gasteiger partial charge is 0.0927 e. The number of hydrogen-bond donors (Lipinski definition) is 1. The fourth-order valence-corrected chi connectivity index (χ4v) is 2.78. The van der Waals surface area contributed by atoms with E-state index in [0.717, 1.165) is 13.6 Å². The summed E-state index contributed by atoms with van der Waals surface area (Å²) in [6.07, 6.45) is 3.85. The first kappa shape index (κ1) is 13.0. The fraction of sp³-hybridized carbons (Fsp3) is 0.250. The highest BCUT2D eigenvalue weighted by atomic mass is 127. The lowest BCUT2D eigenvalue weighted by molar-refractivity contribution is 0.452. The van der Waals surface area contributed by atoms with Crippen LogP contribution >= 0.6 is 38.5 Å². The lowest BCUT2D eigenvalue weighted by Gasteiger charge is -2.22. The van der Waals surface area contributed by atoms with Crippen LogP contribution in [0, 0.1) is 3.57 Å². The van der Waals surface area contributed by atoms with Crippen LogP contribution in [0.5, 0.6) is 0 Å². The van der Waals surface area contributed by atoms with Gasteiger partial charge in [-0.05, 0) is 41.1 Å². The maximum Gasteiger partial charge on any atom is 0.0927 e. The molecule has 3 nitrogen and oxygen atoms in total. The fourth-order valence-electron chi connectivity index (χ4n) is 1.85. The molecule has 2 rings (SSSR count). The Balaban J connectivity index is 2.47. The van der Waals surface area contributed by atoms with Gasteiger partial charge in [-0.15, -0.1) is 0 Å². The third kappa shape index (κ3) is 2.89. The van der Waals surface area contributed by atoms with E-state index in [-0.39, 0.29) is 12.1 Å². The zero-order chi connectivity index (χ0) is 12.4. The molecule has 17 heavy (non-hydrogen) atoms. The van der Waals surface area contributed by atoms with E-state index in [1.54, 1.807) is 0 Å². The zero-order valence-corrected chi connectivity index (χ0v) is 13.1. The van der Waals surface area contributed by atoms with Gasteiger partial charge in [-0.1, -0.05) is 34.1 Å². The Labute approximate surface area is 123 Å². The zero-order valence-electron chi connectivity index (χ0n) is 9.35. The van der Waals surface area contributed by atoms with Crippen molar-refractivity contribution in [1.29, 1.82) is 0 Å². The summed E-state index contributed by atoms with van der Waals surface area (Å²) in [7, 11) is 0. The van der Waals surface area contributed by atoms with Gasteiger partial charge in [0.2, 0.25) is 0 Å². The minimum Gasteiger partial charge on any atom is -0.326 e. The average Bonchev–Trinajstić information content (AvgIpc) is 2.68. The molecule has 2 aromatic rings. The molecular weight excluding hydrogens is 393 g/mol. The molecule has 0 fully saturated rings. The molecule has 0 bridgehead atoms. The van der Waals surface area contributed by atoms with Gasteiger partial charge in [0, 0.05) is 16.7 Å². The number of halogens is 2. The molecule has 90 valence electrons. The van der Waals surface area contributed by atoms with Crippen molar-refractivity contribution in [3.8, 4) is 0 Å². The van der Waals surface area contributed by atoms with Gasteiger partial charge in [-0.3, -0.25) is 4.68 Å². The summed E-state index contributed by atoms with van der Waals surface area (Å²) in [5.41, 5.74) is 7.25. The summed E-state index contributed by atoms with van der Waals surface area (Å²) < 4.78 is 4.10. The summed E-state index contributed by atoms with van der Waals surface area (Å²) in [6, 6.07) is 8.16. The van der Waals surface area contributed by atoms with Crippen LogP contribution in [0.1, 0.15) is 18.5 Å². The highest BCUT2D eigenvalue weighted by molar-refractivity contribution is 14.1. The van der Waals surface area contributed by atoms with Crippen molar-refractivity contribution >= 4 is 38.5 Å². The highest BCUT2D eigenvalue weighted by Crippen LogP contribution is 2.28. The average molecular weight is 406 g/mol. The predicted molar refractivity (Wildman–Crippen MR) is 80.9 cm³/mol. The van der Waals surface area contributed by atoms with Crippen LogP contribution in [-0.4, -0.2) is 15.8 Å². The van der Waals surface area contributed by atoms with Gasteiger partial charge >= 0.3 is 0 Å². The molecule has 0 saturated heterocycles. The van der Waals surface area contributed by atoms with Crippen LogP contribution in [0.25, 0.3) is 0 Å². The number of nitrogens with zero attached hydrogens (tertiary/aromatic N) is 2. The van der Waals surface area contributed by atoms with Gasteiger partial charge < -0.3 is 5.73 Å². The highest BCUT2D eigenvalue weighted by Gasteiger charge is 2.21. The standard InChI is InChI=1S/C12H13BrIN3/c1-8(15)12(17-7-9(14)6-16-17)10-4-2-3-5-11(10)13/h2-8,12H,15H2,1H3. The van der Waals surface area contributed by atoms with E-state index in [2.05, 4.69) is 49.7 Å². The molecule has 2 unspecified atom stereocenters. The molecule has 0 radical (unpaired) electrons. The van der Waals surface area contributed by atoms with Gasteiger partial charge in [0.25, 0.3) is 0 Å². The van der Waals surface area contributed by atoms with Crippen molar-refractivity contribution < 1.29 is 0 Å². The molecule has 2 atom stereocenters. The Hall–Kier alpha value is -0.400. The summed E-state index contributed by atoms with van der Waals surface area (Å²) >= 11 is 5.82. The van der Waals surface area contributed by atoms with Crippen LogP contribution in [0.3, 0.4) is 0 Å². The third-order valence-corrected chi connectivity index (χ3v) is 3.86. The van der Waals surface area contributed by atoms with Crippen molar-refractivity contribution in [2.24, 2.45) is 5.73 Å². The third-order valence-electron chi connectivity index (χ3n) is 2.58. The van der Waals surface area contributed by atoms with Gasteiger partial charge in [-0.25, -0.2) is 0 Å². The van der Waals surface area contributed by atoms with E-state index in [0.29, 0.717) is 0 Å². The van der Waals surface area contributed by atoms with Crippen LogP contribution < -0.4 is 5.73 Å². The molecule has 1 aromatic heterocycles. The van der Waals surface area contributed by atoms with Crippen molar-refractivity contribution in [2.75, 3.05) is 0 Å². The minimum absolute atomic E-state index is 0.00981. The van der Waals surface area contributed by atoms with E-state index in [1.165, 1.54) is 0 Å². The Morgan fingerprint density at radius 3 is 2.65 bits per heavy atom. The van der Waals surface area contributed by atoms with Crippen LogP contribution in [0.4, 0.5) is 0 Å². The number of nitrogens with two attached hydrogens (primary N) is 1. The SMILES string of the molecule is CC(N)C(c1ccccc1Br)n1cc(I)cn1. The molecule has 0 aliphatic carbocycles. The van der Waals surface area contributed by atoms with Crippen molar-refractivity contribution in [3.05, 3.63) is 50.3 Å². The van der Waals surface area contributed by atoms with Crippen LogP contribution in [-0.2, 0) is 0 Å². The van der Waals surface area contributed by atoms with E-state index in [1.807, 2.05) is 42.2 Å². The van der Waals surface area contributed by atoms with E-state index in [9.17, 15) is 0 Å². The topological polar surface area (TPSA) is 43.8 Å². The minimum atomic E-state index is -0.00981. The molecule has 0 amide bonds. The second-order valence-corrected chi connectivity index (χ2v) is 6.06. The lowest BCUT2D eigenvalue weighted by Crippen LogP contribution is -2.30. The molecule has 0 aliphatic rings. The number of rotatable bonds is 3. The van der Waals surface area contributed by atoms with Gasteiger partial charge in [0.1, 0.15) is 0 Å². The second kappa shape index (κ2) is 5.49. The first-order chi connectivity index (χ1) is 8.09. The molecule has 2 N–H and O–H groups in total. The van der Waals surface area contributed by atoms with Crippen molar-refractivity contribution in [2.45, 2.75) is 19.0 Å². The van der Waals surface area contributed by atoms with Crippen LogP contribution in [0.15, 0.2) is 41.1 Å². The summed E-state index contributed by atoms with van der Waals surface area (Å²) in [6.45, 7) is 2.00. The van der Waals surface area contributed by atoms with Crippen molar-refractivity contribution in [3.63, 3.8) is 0 Å². The first-order valence-electron chi connectivity index (χ1n) is 5.29. The maximum absolute atomic E-state index is 6.09. The van der Waals surface area contributed by atoms with Crippen LogP contribution in [0.2, 0.25) is 0 Å². The Morgan fingerprint density at radius 2 is 2.12 bits per heavy atom. The lowest BCUT2D eigenvalue weighted by atomic mass is 10.0. The van der Waals surface area contributed by atoms with Gasteiger partial charge in [0.15, 0.2) is 0 Å². The monoisotopic (exact) mass is 405 g/mol. The Bertz CT molecular complexity index is 510. The summed E-state index contributed by atoms with van der Waals surface area (Å²) in [5.74, 6) is 0. The maximum atomic E-state index is 6.09. The predicted octanol–water partition coefficient (Wildman–Crippen LogP) is 3.19. The van der Waals surface area contributed by atoms with Gasteiger partial charge in [0.05, 0.1) is 15.8 Å². The molecule has 0 aliphatic heterocycles. The number of benzene rings is 1. The normalized spacial score (nSPS) is 14.6. The van der Waals surface area contributed by atoms with E-state index in [4.69, 9.17) is 5.73 Å². The molecular formula is C12H13BrIN3. The van der Waals surface area contributed by atoms with Crippen molar-refractivity contribution in [1.82, 2.24) is 9.78 Å². The molecule has 1 aromatic carbocycles. The number of aromatic nitrogens is 2. The Kier molecular flexibility index (Phi) is 4.22. The molecule has 0 saturated carbocycles. The largest absolute Gasteiger partial charge is 0.326 e. The summed E-state index contributed by atoms with van der Waals surface area (Å²) in [5, 5.41) is 4.36. The quantitative estimate of drug-likeness (QED) is 0.797.